The summed E-state index contributed by atoms with van der Waals surface area (Å²) in [6.45, 7) is 0. The molecule has 0 aliphatic heterocycles. The molecule has 1 heterocycles. The van der Waals surface area contributed by atoms with Crippen LogP contribution in [0.4, 0.5) is 0 Å². The molecule has 5 heteroatoms. The van der Waals surface area contributed by atoms with Gasteiger partial charge in [0.05, 0.1) is 20.0 Å². The molecular formula is C9H4BrCl2NO. The Kier molecular flexibility index (Phi) is 2.56. The predicted molar refractivity (Wildman–Crippen MR) is 62.3 cm³/mol. The van der Waals surface area contributed by atoms with E-state index >= 15 is 0 Å². The van der Waals surface area contributed by atoms with Gasteiger partial charge in [-0.1, -0.05) is 23.2 Å². The summed E-state index contributed by atoms with van der Waals surface area (Å²) in [5, 5.41) is 1.76. The van der Waals surface area contributed by atoms with Crippen LogP contribution in [0, 0.1) is 0 Å². The summed E-state index contributed by atoms with van der Waals surface area (Å²) in [7, 11) is 0. The highest BCUT2D eigenvalue weighted by Gasteiger charge is 2.06. The fraction of sp³-hybridized carbons (Fsp3) is 0. The quantitative estimate of drug-likeness (QED) is 0.791. The minimum absolute atomic E-state index is 0.221. The lowest BCUT2D eigenvalue weighted by Gasteiger charge is -2.02. The Bertz CT molecular complexity index is 564. The van der Waals surface area contributed by atoms with Gasteiger partial charge >= 0.3 is 0 Å². The highest BCUT2D eigenvalue weighted by atomic mass is 79.9. The molecule has 0 atom stereocenters. The number of fused-ring (bicyclic) bond motifs is 1. The van der Waals surface area contributed by atoms with Crippen molar-refractivity contribution >= 4 is 50.0 Å². The van der Waals surface area contributed by atoms with E-state index in [2.05, 4.69) is 20.9 Å². The minimum Gasteiger partial charge on any atom is -0.320 e. The van der Waals surface area contributed by atoms with Crippen LogP contribution in [-0.2, 0) is 0 Å². The van der Waals surface area contributed by atoms with E-state index in [-0.39, 0.29) is 5.56 Å². The topological polar surface area (TPSA) is 32.9 Å². The summed E-state index contributed by atoms with van der Waals surface area (Å²) in [4.78, 5) is 13.9. The van der Waals surface area contributed by atoms with Crippen LogP contribution in [0.5, 0.6) is 0 Å². The number of halogens is 3. The molecule has 0 saturated heterocycles. The van der Waals surface area contributed by atoms with E-state index in [0.717, 1.165) is 5.39 Å². The Morgan fingerprint density at radius 1 is 1.21 bits per heavy atom. The number of aromatic nitrogens is 1. The van der Waals surface area contributed by atoms with Crippen LogP contribution in [0.15, 0.2) is 27.5 Å². The van der Waals surface area contributed by atoms with Crippen LogP contribution in [-0.4, -0.2) is 4.98 Å². The van der Waals surface area contributed by atoms with Gasteiger partial charge < -0.3 is 4.98 Å². The smallest absolute Gasteiger partial charge is 0.262 e. The van der Waals surface area contributed by atoms with Crippen LogP contribution in [0.2, 0.25) is 10.0 Å². The maximum Gasteiger partial charge on any atom is 0.262 e. The SMILES string of the molecule is O=c1[nH]c2c(Cl)ccc(Cl)c2cc1Br. The molecule has 1 aromatic carbocycles. The molecule has 2 rings (SSSR count). The third-order valence-electron chi connectivity index (χ3n) is 1.87. The van der Waals surface area contributed by atoms with Crippen molar-refractivity contribution in [2.24, 2.45) is 0 Å². The van der Waals surface area contributed by atoms with Gasteiger partial charge in [0, 0.05) is 5.39 Å². The fourth-order valence-electron chi connectivity index (χ4n) is 1.20. The molecule has 0 unspecified atom stereocenters. The number of pyridine rings is 1. The number of nitrogens with one attached hydrogen (secondary N) is 1. The summed E-state index contributed by atoms with van der Waals surface area (Å²) in [6.07, 6.45) is 0. The number of aromatic amines is 1. The van der Waals surface area contributed by atoms with Crippen molar-refractivity contribution in [3.63, 3.8) is 0 Å². The van der Waals surface area contributed by atoms with Gasteiger partial charge in [0.15, 0.2) is 0 Å². The number of rotatable bonds is 0. The van der Waals surface area contributed by atoms with Crippen LogP contribution in [0.3, 0.4) is 0 Å². The first-order valence-corrected chi connectivity index (χ1v) is 5.31. The number of hydrogen-bond donors (Lipinski definition) is 1. The fourth-order valence-corrected chi connectivity index (χ4v) is 1.95. The molecule has 14 heavy (non-hydrogen) atoms. The van der Waals surface area contributed by atoms with E-state index in [1.54, 1.807) is 18.2 Å². The average molecular weight is 293 g/mol. The van der Waals surface area contributed by atoms with Crippen molar-refractivity contribution in [2.45, 2.75) is 0 Å². The highest BCUT2D eigenvalue weighted by molar-refractivity contribution is 9.10. The molecule has 0 aliphatic carbocycles. The molecular weight excluding hydrogens is 289 g/mol. The van der Waals surface area contributed by atoms with E-state index in [1.807, 2.05) is 0 Å². The van der Waals surface area contributed by atoms with Gasteiger partial charge in [-0.25, -0.2) is 0 Å². The zero-order valence-corrected chi connectivity index (χ0v) is 9.87. The highest BCUT2D eigenvalue weighted by Crippen LogP contribution is 2.28. The Morgan fingerprint density at radius 3 is 2.57 bits per heavy atom. The lowest BCUT2D eigenvalue weighted by atomic mass is 10.2. The normalized spacial score (nSPS) is 10.8. The second-order valence-corrected chi connectivity index (χ2v) is 4.43. The molecule has 0 saturated carbocycles. The predicted octanol–water partition coefficient (Wildman–Crippen LogP) is 3.60. The molecule has 2 aromatic rings. The maximum atomic E-state index is 11.3. The van der Waals surface area contributed by atoms with Gasteiger partial charge in [0.1, 0.15) is 0 Å². The van der Waals surface area contributed by atoms with Crippen molar-refractivity contribution in [2.75, 3.05) is 0 Å². The summed E-state index contributed by atoms with van der Waals surface area (Å²) in [5.41, 5.74) is 0.342. The lowest BCUT2D eigenvalue weighted by Crippen LogP contribution is -2.06. The largest absolute Gasteiger partial charge is 0.320 e. The van der Waals surface area contributed by atoms with Crippen molar-refractivity contribution in [3.05, 3.63) is 43.1 Å². The standard InChI is InChI=1S/C9H4BrCl2NO/c10-5-3-4-6(11)1-2-7(12)8(4)13-9(5)14/h1-3H,(H,13,14). The Morgan fingerprint density at radius 2 is 1.86 bits per heavy atom. The van der Waals surface area contributed by atoms with E-state index < -0.39 is 0 Å². The number of H-pyrrole nitrogens is 1. The zero-order valence-electron chi connectivity index (χ0n) is 6.77. The molecule has 2 nitrogen and oxygen atoms in total. The lowest BCUT2D eigenvalue weighted by molar-refractivity contribution is 1.28. The molecule has 72 valence electrons. The van der Waals surface area contributed by atoms with Crippen molar-refractivity contribution in [3.8, 4) is 0 Å². The van der Waals surface area contributed by atoms with Gasteiger partial charge in [-0.15, -0.1) is 0 Å². The molecule has 0 aliphatic rings. The molecule has 1 aromatic heterocycles. The Hall–Kier alpha value is -0.510. The van der Waals surface area contributed by atoms with Crippen LogP contribution >= 0.6 is 39.1 Å². The minimum atomic E-state index is -0.221. The molecule has 1 N–H and O–H groups in total. The van der Waals surface area contributed by atoms with Gasteiger partial charge in [-0.2, -0.15) is 0 Å². The molecule has 0 fully saturated rings. The van der Waals surface area contributed by atoms with E-state index in [1.165, 1.54) is 0 Å². The second kappa shape index (κ2) is 3.57. The number of benzene rings is 1. The van der Waals surface area contributed by atoms with Crippen LogP contribution in [0.25, 0.3) is 10.9 Å². The molecule has 0 radical (unpaired) electrons. The van der Waals surface area contributed by atoms with Crippen LogP contribution in [0.1, 0.15) is 0 Å². The Balaban J connectivity index is 3.01. The van der Waals surface area contributed by atoms with Crippen molar-refractivity contribution < 1.29 is 0 Å². The first kappa shape index (κ1) is 10.0. The van der Waals surface area contributed by atoms with E-state index in [0.29, 0.717) is 20.0 Å². The maximum absolute atomic E-state index is 11.3. The molecule has 0 amide bonds. The van der Waals surface area contributed by atoms with E-state index in [4.69, 9.17) is 23.2 Å². The van der Waals surface area contributed by atoms with E-state index in [9.17, 15) is 4.79 Å². The third-order valence-corrected chi connectivity index (χ3v) is 3.10. The third kappa shape index (κ3) is 1.56. The first-order valence-electron chi connectivity index (χ1n) is 3.76. The average Bonchev–Trinajstić information content (AvgIpc) is 2.15. The van der Waals surface area contributed by atoms with Crippen molar-refractivity contribution in [1.29, 1.82) is 0 Å². The Labute approximate surface area is 98.0 Å². The summed E-state index contributed by atoms with van der Waals surface area (Å²) < 4.78 is 0.439. The monoisotopic (exact) mass is 291 g/mol. The summed E-state index contributed by atoms with van der Waals surface area (Å²) in [6, 6.07) is 5.00. The van der Waals surface area contributed by atoms with Gasteiger partial charge in [0.25, 0.3) is 5.56 Å². The first-order chi connectivity index (χ1) is 6.59. The number of hydrogen-bond acceptors (Lipinski definition) is 1. The van der Waals surface area contributed by atoms with Crippen LogP contribution < -0.4 is 5.56 Å². The van der Waals surface area contributed by atoms with Crippen molar-refractivity contribution in [1.82, 2.24) is 4.98 Å². The second-order valence-electron chi connectivity index (χ2n) is 2.76. The zero-order chi connectivity index (χ0) is 10.3. The molecule has 0 spiro atoms. The van der Waals surface area contributed by atoms with Gasteiger partial charge in [-0.05, 0) is 34.1 Å². The molecule has 0 bridgehead atoms. The van der Waals surface area contributed by atoms with Gasteiger partial charge in [-0.3, -0.25) is 4.79 Å². The van der Waals surface area contributed by atoms with Gasteiger partial charge in [0.2, 0.25) is 0 Å². The summed E-state index contributed by atoms with van der Waals surface area (Å²) >= 11 is 15.0. The summed E-state index contributed by atoms with van der Waals surface area (Å²) in [5.74, 6) is 0.